The summed E-state index contributed by atoms with van der Waals surface area (Å²) in [5.41, 5.74) is 1.00. The summed E-state index contributed by atoms with van der Waals surface area (Å²) in [5.74, 6) is 2.35. The van der Waals surface area contributed by atoms with E-state index in [-0.39, 0.29) is 29.1 Å². The van der Waals surface area contributed by atoms with Crippen LogP contribution in [0.1, 0.15) is 70.5 Å². The van der Waals surface area contributed by atoms with Crippen molar-refractivity contribution in [3.8, 4) is 0 Å². The summed E-state index contributed by atoms with van der Waals surface area (Å²) < 4.78 is 1.61. The molecule has 2 aromatic heterocycles. The molecule has 0 bridgehead atoms. The molecule has 0 spiro atoms. The minimum Gasteiger partial charge on any atom is -1.00 e. The van der Waals surface area contributed by atoms with Gasteiger partial charge >= 0.3 is 5.69 Å². The number of halogens is 1. The third-order valence-electron chi connectivity index (χ3n) is 6.16. The van der Waals surface area contributed by atoms with E-state index in [1.54, 1.807) is 22.6 Å². The summed E-state index contributed by atoms with van der Waals surface area (Å²) in [4.78, 5) is 39.5. The van der Waals surface area contributed by atoms with Crippen molar-refractivity contribution in [2.24, 2.45) is 0 Å². The molecule has 33 heavy (non-hydrogen) atoms. The molecule has 1 fully saturated rings. The lowest BCUT2D eigenvalue weighted by molar-refractivity contribution is -0.900. The first-order valence-electron chi connectivity index (χ1n) is 11.8. The monoisotopic (exact) mass is 478 g/mol. The van der Waals surface area contributed by atoms with E-state index in [2.05, 4.69) is 50.6 Å². The van der Waals surface area contributed by atoms with Gasteiger partial charge in [0.2, 0.25) is 0 Å². The van der Waals surface area contributed by atoms with Crippen LogP contribution in [-0.4, -0.2) is 52.2 Å². The number of aromatic nitrogens is 4. The minimum absolute atomic E-state index is 0. The molecule has 2 aromatic rings. The number of piperazine rings is 1. The maximum atomic E-state index is 11.9. The van der Waals surface area contributed by atoms with Gasteiger partial charge in [0.25, 0.3) is 5.56 Å². The zero-order valence-electron chi connectivity index (χ0n) is 20.9. The van der Waals surface area contributed by atoms with Gasteiger partial charge in [-0.3, -0.25) is 9.78 Å². The van der Waals surface area contributed by atoms with Crippen LogP contribution >= 0.6 is 0 Å². The van der Waals surface area contributed by atoms with Gasteiger partial charge in [0, 0.05) is 35.5 Å². The van der Waals surface area contributed by atoms with E-state index in [0.717, 1.165) is 62.9 Å². The fourth-order valence-electron chi connectivity index (χ4n) is 3.99. The first-order valence-corrected chi connectivity index (χ1v) is 11.8. The Morgan fingerprint density at radius 3 is 2.39 bits per heavy atom. The van der Waals surface area contributed by atoms with Crippen LogP contribution in [0.2, 0.25) is 0 Å². The van der Waals surface area contributed by atoms with Crippen molar-refractivity contribution >= 4 is 5.82 Å². The summed E-state index contributed by atoms with van der Waals surface area (Å²) in [7, 11) is 0. The maximum absolute atomic E-state index is 11.9. The molecule has 0 aromatic carbocycles. The molecule has 0 unspecified atom stereocenters. The topological polar surface area (TPSA) is 88.3 Å². The Hall–Kier alpha value is -2.19. The van der Waals surface area contributed by atoms with Crippen LogP contribution in [0.25, 0.3) is 0 Å². The molecule has 184 valence electrons. The second kappa shape index (κ2) is 11.3. The third kappa shape index (κ3) is 7.14. The van der Waals surface area contributed by atoms with Crippen molar-refractivity contribution in [3.05, 3.63) is 50.2 Å². The van der Waals surface area contributed by atoms with Gasteiger partial charge in [-0.05, 0) is 25.7 Å². The van der Waals surface area contributed by atoms with Crippen LogP contribution in [-0.2, 0) is 12.0 Å². The number of anilines is 1. The molecule has 0 amide bonds. The highest BCUT2D eigenvalue weighted by atomic mass is 35.5. The van der Waals surface area contributed by atoms with Gasteiger partial charge in [-0.2, -0.15) is 0 Å². The normalized spacial score (nSPS) is 15.1. The first kappa shape index (κ1) is 27.1. The molecule has 8 nitrogen and oxygen atoms in total. The molecule has 0 aliphatic carbocycles. The molecule has 3 heterocycles. The van der Waals surface area contributed by atoms with Gasteiger partial charge in [-0.1, -0.05) is 34.6 Å². The SMILES string of the molecule is Cc1cn(CCCC[NH+]2CCN(c3cc(C(C)C)nc(C(C)(C)C)n3)CC2)c(=O)[nH]c1=O.[Cl-]. The van der Waals surface area contributed by atoms with E-state index in [0.29, 0.717) is 18.0 Å². The third-order valence-corrected chi connectivity index (χ3v) is 6.16. The van der Waals surface area contributed by atoms with E-state index >= 15 is 0 Å². The molecule has 0 atom stereocenters. The lowest BCUT2D eigenvalue weighted by Gasteiger charge is -2.34. The van der Waals surface area contributed by atoms with Crippen molar-refractivity contribution in [2.45, 2.75) is 72.3 Å². The predicted molar refractivity (Wildman–Crippen MR) is 128 cm³/mol. The van der Waals surface area contributed by atoms with Crippen LogP contribution in [0.4, 0.5) is 5.82 Å². The van der Waals surface area contributed by atoms with Gasteiger partial charge in [-0.25, -0.2) is 14.8 Å². The molecule has 0 radical (unpaired) electrons. The van der Waals surface area contributed by atoms with Gasteiger partial charge in [0.05, 0.1) is 32.7 Å². The standard InChI is InChI=1S/C24H38N6O2.ClH/c1-17(2)19-15-20(26-22(25-19)24(4,5)6)29-13-11-28(12-14-29)9-7-8-10-30-16-18(3)21(31)27-23(30)32;/h15-17H,7-14H2,1-6H3,(H,27,31,32);1H. The number of hydrogen-bond donors (Lipinski definition) is 2. The summed E-state index contributed by atoms with van der Waals surface area (Å²) >= 11 is 0. The highest BCUT2D eigenvalue weighted by Crippen LogP contribution is 2.25. The molecular weight excluding hydrogens is 440 g/mol. The molecule has 2 N–H and O–H groups in total. The largest absolute Gasteiger partial charge is 1.00 e. The van der Waals surface area contributed by atoms with Crippen molar-refractivity contribution in [3.63, 3.8) is 0 Å². The molecule has 9 heteroatoms. The van der Waals surface area contributed by atoms with Gasteiger partial charge < -0.3 is 26.8 Å². The van der Waals surface area contributed by atoms with Crippen molar-refractivity contribution in [1.29, 1.82) is 0 Å². The van der Waals surface area contributed by atoms with Crippen LogP contribution in [0.15, 0.2) is 21.9 Å². The van der Waals surface area contributed by atoms with E-state index < -0.39 is 0 Å². The van der Waals surface area contributed by atoms with E-state index in [9.17, 15) is 9.59 Å². The Kier molecular flexibility index (Phi) is 9.26. The molecular formula is C24H39ClN6O2. The summed E-state index contributed by atoms with van der Waals surface area (Å²) in [5, 5.41) is 0. The van der Waals surface area contributed by atoms with Crippen molar-refractivity contribution in [1.82, 2.24) is 19.5 Å². The number of aromatic amines is 1. The van der Waals surface area contributed by atoms with E-state index in [1.807, 2.05) is 0 Å². The second-order valence-corrected chi connectivity index (χ2v) is 10.3. The van der Waals surface area contributed by atoms with Gasteiger partial charge in [-0.15, -0.1) is 0 Å². The molecule has 1 saturated heterocycles. The lowest BCUT2D eigenvalue weighted by atomic mass is 9.95. The number of nitrogens with one attached hydrogen (secondary N) is 2. The quantitative estimate of drug-likeness (QED) is 0.461. The Balaban J connectivity index is 0.00000385. The first-order chi connectivity index (χ1) is 15.0. The number of H-pyrrole nitrogens is 1. The minimum atomic E-state index is -0.318. The number of nitrogens with zero attached hydrogens (tertiary/aromatic N) is 4. The van der Waals surface area contributed by atoms with Crippen LogP contribution in [0.5, 0.6) is 0 Å². The van der Waals surface area contributed by atoms with Crippen LogP contribution in [0, 0.1) is 6.92 Å². The number of rotatable bonds is 7. The molecule has 1 aliphatic rings. The van der Waals surface area contributed by atoms with Crippen LogP contribution in [0.3, 0.4) is 0 Å². The van der Waals surface area contributed by atoms with E-state index in [4.69, 9.17) is 9.97 Å². The predicted octanol–water partition coefficient (Wildman–Crippen LogP) is -1.75. The molecule has 3 rings (SSSR count). The highest BCUT2D eigenvalue weighted by molar-refractivity contribution is 5.41. The number of quaternary nitrogens is 1. The Bertz CT molecular complexity index is 1030. The second-order valence-electron chi connectivity index (χ2n) is 10.3. The number of unbranched alkanes of at least 4 members (excludes halogenated alkanes) is 1. The number of hydrogen-bond acceptors (Lipinski definition) is 5. The average Bonchev–Trinajstić information content (AvgIpc) is 2.74. The zero-order valence-corrected chi connectivity index (χ0v) is 21.6. The summed E-state index contributed by atoms with van der Waals surface area (Å²) in [6.07, 6.45) is 3.64. The lowest BCUT2D eigenvalue weighted by Crippen LogP contribution is -3.14. The summed E-state index contributed by atoms with van der Waals surface area (Å²) in [6.45, 7) is 18.5. The van der Waals surface area contributed by atoms with Crippen molar-refractivity contribution in [2.75, 3.05) is 37.6 Å². The Morgan fingerprint density at radius 2 is 1.79 bits per heavy atom. The summed E-state index contributed by atoms with van der Waals surface area (Å²) in [6, 6.07) is 2.16. The Labute approximate surface area is 202 Å². The maximum Gasteiger partial charge on any atom is 0.328 e. The highest BCUT2D eigenvalue weighted by Gasteiger charge is 2.25. The fourth-order valence-corrected chi connectivity index (χ4v) is 3.99. The van der Waals surface area contributed by atoms with Gasteiger partial charge in [0.1, 0.15) is 11.6 Å². The Morgan fingerprint density at radius 1 is 1.12 bits per heavy atom. The van der Waals surface area contributed by atoms with Gasteiger partial charge in [0.15, 0.2) is 0 Å². The molecule has 0 saturated carbocycles. The smallest absolute Gasteiger partial charge is 0.328 e. The molecule has 1 aliphatic heterocycles. The number of aryl methyl sites for hydroxylation is 2. The fraction of sp³-hybridized carbons (Fsp3) is 0.667. The van der Waals surface area contributed by atoms with E-state index in [1.165, 1.54) is 0 Å². The van der Waals surface area contributed by atoms with Crippen molar-refractivity contribution < 1.29 is 17.3 Å². The zero-order chi connectivity index (χ0) is 23.5. The van der Waals surface area contributed by atoms with Crippen LogP contribution < -0.4 is 33.5 Å². The average molecular weight is 479 g/mol.